The summed E-state index contributed by atoms with van der Waals surface area (Å²) in [5.74, 6) is 0. The van der Waals surface area contributed by atoms with Crippen LogP contribution < -0.4 is 0 Å². The standard InChI is InChI=1S/C48H34/c1-3-12-33(13-4-1)35-22-26-38(27-23-35)47-43-19-9-10-20-44(43)48(39-28-24-36(25-29-39)34-14-5-2-6-15-34)46-32-40(30-31-45(46)47)42-21-11-17-37-16-7-8-18-41(37)42/h1-6,8-15,17-32H,7,16H2. The molecular formula is C48H34. The minimum Gasteiger partial charge on any atom is -0.0836 e. The molecule has 1 aliphatic carbocycles. The van der Waals surface area contributed by atoms with Crippen LogP contribution in [0.15, 0.2) is 176 Å². The highest BCUT2D eigenvalue weighted by Gasteiger charge is 2.19. The molecule has 0 heterocycles. The molecule has 8 aromatic carbocycles. The van der Waals surface area contributed by atoms with E-state index in [2.05, 4.69) is 182 Å². The molecule has 1 aliphatic rings. The van der Waals surface area contributed by atoms with Crippen molar-refractivity contribution >= 4 is 27.6 Å². The van der Waals surface area contributed by atoms with Crippen molar-refractivity contribution in [2.45, 2.75) is 12.8 Å². The highest BCUT2D eigenvalue weighted by atomic mass is 14.2. The molecule has 0 fully saturated rings. The van der Waals surface area contributed by atoms with Crippen LogP contribution in [0, 0.1) is 0 Å². The van der Waals surface area contributed by atoms with E-state index in [4.69, 9.17) is 0 Å². The summed E-state index contributed by atoms with van der Waals surface area (Å²) in [6, 6.07) is 62.4. The molecule has 226 valence electrons. The Morgan fingerprint density at radius 3 is 1.42 bits per heavy atom. The van der Waals surface area contributed by atoms with Gasteiger partial charge in [0.2, 0.25) is 0 Å². The van der Waals surface area contributed by atoms with E-state index in [-0.39, 0.29) is 0 Å². The summed E-state index contributed by atoms with van der Waals surface area (Å²) >= 11 is 0. The third-order valence-electron chi connectivity index (χ3n) is 9.96. The lowest BCUT2D eigenvalue weighted by molar-refractivity contribution is 0.986. The van der Waals surface area contributed by atoms with Crippen LogP contribution in [0.1, 0.15) is 17.5 Å². The third kappa shape index (κ3) is 4.94. The van der Waals surface area contributed by atoms with Crippen LogP contribution in [-0.2, 0) is 6.42 Å². The van der Waals surface area contributed by atoms with Gasteiger partial charge < -0.3 is 0 Å². The van der Waals surface area contributed by atoms with Crippen LogP contribution >= 0.6 is 0 Å². The van der Waals surface area contributed by atoms with Crippen LogP contribution in [0.25, 0.3) is 83.3 Å². The first-order chi connectivity index (χ1) is 23.8. The maximum Gasteiger partial charge on any atom is -0.00261 e. The molecule has 0 unspecified atom stereocenters. The molecule has 0 atom stereocenters. The molecule has 0 N–H and O–H groups in total. The second kappa shape index (κ2) is 12.0. The average molecular weight is 611 g/mol. The highest BCUT2D eigenvalue weighted by Crippen LogP contribution is 2.46. The fourth-order valence-electron chi connectivity index (χ4n) is 7.61. The van der Waals surface area contributed by atoms with Crippen LogP contribution in [0.4, 0.5) is 0 Å². The molecule has 0 aromatic heterocycles. The number of fused-ring (bicyclic) bond motifs is 3. The van der Waals surface area contributed by atoms with Gasteiger partial charge in [-0.3, -0.25) is 0 Å². The fraction of sp³-hybridized carbons (Fsp3) is 0.0417. The highest BCUT2D eigenvalue weighted by molar-refractivity contribution is 6.22. The lowest BCUT2D eigenvalue weighted by Gasteiger charge is -2.20. The van der Waals surface area contributed by atoms with Crippen LogP contribution in [0.3, 0.4) is 0 Å². The van der Waals surface area contributed by atoms with Crippen molar-refractivity contribution in [3.05, 3.63) is 187 Å². The van der Waals surface area contributed by atoms with E-state index in [1.807, 2.05) is 0 Å². The maximum absolute atomic E-state index is 2.45. The summed E-state index contributed by atoms with van der Waals surface area (Å²) in [5.41, 5.74) is 15.3. The molecule has 48 heavy (non-hydrogen) atoms. The zero-order valence-corrected chi connectivity index (χ0v) is 26.7. The van der Waals surface area contributed by atoms with Gasteiger partial charge in [0.05, 0.1) is 0 Å². The van der Waals surface area contributed by atoms with Gasteiger partial charge in [-0.25, -0.2) is 0 Å². The molecule has 0 heteroatoms. The first kappa shape index (κ1) is 28.3. The van der Waals surface area contributed by atoms with Gasteiger partial charge in [-0.1, -0.05) is 176 Å². The van der Waals surface area contributed by atoms with Crippen molar-refractivity contribution in [1.82, 2.24) is 0 Å². The Bertz CT molecular complexity index is 2450. The molecule has 0 aliphatic heterocycles. The molecule has 0 nitrogen and oxygen atoms in total. The fourth-order valence-corrected chi connectivity index (χ4v) is 7.61. The summed E-state index contributed by atoms with van der Waals surface area (Å²) in [4.78, 5) is 0. The van der Waals surface area contributed by atoms with Crippen molar-refractivity contribution < 1.29 is 0 Å². The van der Waals surface area contributed by atoms with E-state index in [1.165, 1.54) is 88.3 Å². The van der Waals surface area contributed by atoms with Gasteiger partial charge >= 0.3 is 0 Å². The van der Waals surface area contributed by atoms with Gasteiger partial charge in [-0.05, 0) is 107 Å². The third-order valence-corrected chi connectivity index (χ3v) is 9.96. The summed E-state index contributed by atoms with van der Waals surface area (Å²) < 4.78 is 0. The van der Waals surface area contributed by atoms with E-state index >= 15 is 0 Å². The van der Waals surface area contributed by atoms with E-state index < -0.39 is 0 Å². The smallest absolute Gasteiger partial charge is 0.00261 e. The largest absolute Gasteiger partial charge is 0.0836 e. The molecule has 0 saturated heterocycles. The number of hydrogen-bond acceptors (Lipinski definition) is 0. The van der Waals surface area contributed by atoms with E-state index in [1.54, 1.807) is 0 Å². The lowest BCUT2D eigenvalue weighted by atomic mass is 9.83. The second-order valence-electron chi connectivity index (χ2n) is 12.8. The molecule has 0 amide bonds. The molecular weight excluding hydrogens is 577 g/mol. The van der Waals surface area contributed by atoms with Gasteiger partial charge in [0, 0.05) is 0 Å². The summed E-state index contributed by atoms with van der Waals surface area (Å²) in [6.45, 7) is 0. The molecule has 8 aromatic rings. The predicted molar refractivity (Wildman–Crippen MR) is 206 cm³/mol. The van der Waals surface area contributed by atoms with E-state index in [9.17, 15) is 0 Å². The number of benzene rings is 8. The second-order valence-corrected chi connectivity index (χ2v) is 12.8. The Labute approximate surface area is 282 Å². The molecule has 0 bridgehead atoms. The van der Waals surface area contributed by atoms with Crippen LogP contribution in [0.2, 0.25) is 0 Å². The summed E-state index contributed by atoms with van der Waals surface area (Å²) in [7, 11) is 0. The summed E-state index contributed by atoms with van der Waals surface area (Å²) in [5, 5.41) is 5.09. The Hall–Kier alpha value is -5.98. The minimum absolute atomic E-state index is 1.10. The average Bonchev–Trinajstić information content (AvgIpc) is 3.17. The first-order valence-corrected chi connectivity index (χ1v) is 16.9. The van der Waals surface area contributed by atoms with Gasteiger partial charge in [-0.15, -0.1) is 0 Å². The van der Waals surface area contributed by atoms with Gasteiger partial charge in [-0.2, -0.15) is 0 Å². The number of allylic oxidation sites excluding steroid dienone is 1. The summed E-state index contributed by atoms with van der Waals surface area (Å²) in [6.07, 6.45) is 6.84. The lowest BCUT2D eigenvalue weighted by Crippen LogP contribution is -1.97. The van der Waals surface area contributed by atoms with Crippen LogP contribution in [-0.4, -0.2) is 0 Å². The predicted octanol–water partition coefficient (Wildman–Crippen LogP) is 13.3. The Morgan fingerprint density at radius 1 is 0.333 bits per heavy atom. The molecule has 0 saturated carbocycles. The van der Waals surface area contributed by atoms with Gasteiger partial charge in [0.25, 0.3) is 0 Å². The number of aryl methyl sites for hydroxylation is 1. The van der Waals surface area contributed by atoms with Gasteiger partial charge in [0.15, 0.2) is 0 Å². The zero-order valence-electron chi connectivity index (χ0n) is 26.7. The Morgan fingerprint density at radius 2 is 0.812 bits per heavy atom. The molecule has 9 rings (SSSR count). The molecule has 0 radical (unpaired) electrons. The number of rotatable bonds is 5. The van der Waals surface area contributed by atoms with Crippen molar-refractivity contribution in [3.63, 3.8) is 0 Å². The first-order valence-electron chi connectivity index (χ1n) is 16.9. The van der Waals surface area contributed by atoms with E-state index in [0.717, 1.165) is 12.8 Å². The van der Waals surface area contributed by atoms with Crippen molar-refractivity contribution in [2.24, 2.45) is 0 Å². The van der Waals surface area contributed by atoms with Crippen LogP contribution in [0.5, 0.6) is 0 Å². The zero-order chi connectivity index (χ0) is 31.9. The Kier molecular flexibility index (Phi) is 7.06. The molecule has 0 spiro atoms. The number of hydrogen-bond donors (Lipinski definition) is 0. The topological polar surface area (TPSA) is 0 Å². The van der Waals surface area contributed by atoms with E-state index in [0.29, 0.717) is 0 Å². The Balaban J connectivity index is 1.30. The van der Waals surface area contributed by atoms with Crippen molar-refractivity contribution in [1.29, 1.82) is 0 Å². The SMILES string of the molecule is C1=Cc2c(cccc2-c2ccc3c(-c4ccc(-c5ccccc5)cc4)c4ccccc4c(-c4ccc(-c5ccccc5)cc4)c3c2)CC1. The van der Waals surface area contributed by atoms with Crippen molar-refractivity contribution in [3.8, 4) is 55.6 Å². The quantitative estimate of drug-likeness (QED) is 0.170. The van der Waals surface area contributed by atoms with Crippen molar-refractivity contribution in [2.75, 3.05) is 0 Å². The minimum atomic E-state index is 1.10. The van der Waals surface area contributed by atoms with Gasteiger partial charge in [0.1, 0.15) is 0 Å². The normalized spacial score (nSPS) is 12.3. The maximum atomic E-state index is 2.45. The monoisotopic (exact) mass is 610 g/mol.